The van der Waals surface area contributed by atoms with E-state index in [2.05, 4.69) is 5.32 Å². The topological polar surface area (TPSA) is 49.3 Å². The van der Waals surface area contributed by atoms with Crippen molar-refractivity contribution >= 4 is 6.29 Å². The van der Waals surface area contributed by atoms with Crippen LogP contribution in [0.25, 0.3) is 0 Å². The number of hydrogen-bond acceptors (Lipinski definition) is 3. The van der Waals surface area contributed by atoms with E-state index in [0.717, 1.165) is 12.7 Å². The van der Waals surface area contributed by atoms with Gasteiger partial charge < -0.3 is 9.90 Å². The summed E-state index contributed by atoms with van der Waals surface area (Å²) in [6.07, 6.45) is 1.03. The van der Waals surface area contributed by atoms with Crippen LogP contribution in [0.2, 0.25) is 0 Å². The lowest BCUT2D eigenvalue weighted by Crippen LogP contribution is -2.34. The Labute approximate surface area is 60.4 Å². The van der Waals surface area contributed by atoms with Crippen LogP contribution in [0, 0.1) is 5.41 Å². The molecule has 0 aromatic carbocycles. The van der Waals surface area contributed by atoms with Gasteiger partial charge in [0.05, 0.1) is 6.04 Å². The summed E-state index contributed by atoms with van der Waals surface area (Å²) >= 11 is 0. The van der Waals surface area contributed by atoms with Crippen molar-refractivity contribution < 1.29 is 9.90 Å². The highest BCUT2D eigenvalue weighted by atomic mass is 16.3. The molecule has 2 atom stereocenters. The smallest absolute Gasteiger partial charge is 0.136 e. The van der Waals surface area contributed by atoms with Gasteiger partial charge in [0.1, 0.15) is 12.5 Å². The van der Waals surface area contributed by atoms with Crippen LogP contribution in [-0.4, -0.2) is 23.7 Å². The number of hydrogen-bond donors (Lipinski definition) is 2. The Morgan fingerprint density at radius 2 is 2.30 bits per heavy atom. The molecule has 0 radical (unpaired) electrons. The maximum atomic E-state index is 10.3. The average Bonchev–Trinajstić information content (AvgIpc) is 2.08. The van der Waals surface area contributed by atoms with Crippen LogP contribution in [0.5, 0.6) is 0 Å². The van der Waals surface area contributed by atoms with E-state index in [1.54, 1.807) is 0 Å². The average molecular weight is 143 g/mol. The second kappa shape index (κ2) is 2.32. The van der Waals surface area contributed by atoms with Gasteiger partial charge in [-0.3, -0.25) is 5.32 Å². The molecule has 10 heavy (non-hydrogen) atoms. The summed E-state index contributed by atoms with van der Waals surface area (Å²) < 4.78 is 0. The Morgan fingerprint density at radius 3 is 2.50 bits per heavy atom. The van der Waals surface area contributed by atoms with E-state index in [-0.39, 0.29) is 11.5 Å². The van der Waals surface area contributed by atoms with Crippen molar-refractivity contribution in [3.05, 3.63) is 0 Å². The SMILES string of the molecule is CC1(C)C[C@@H](C=O)NC1O. The molecule has 3 nitrogen and oxygen atoms in total. The van der Waals surface area contributed by atoms with Crippen LogP contribution < -0.4 is 5.32 Å². The molecule has 1 unspecified atom stereocenters. The standard InChI is InChI=1S/C7H13NO2/c1-7(2)3-5(4-9)8-6(7)10/h4-6,8,10H,3H2,1-2H3/t5-,6?/m0/s1. The van der Waals surface area contributed by atoms with Crippen molar-refractivity contribution in [2.45, 2.75) is 32.5 Å². The summed E-state index contributed by atoms with van der Waals surface area (Å²) in [6.45, 7) is 3.88. The van der Waals surface area contributed by atoms with E-state index >= 15 is 0 Å². The predicted molar refractivity (Wildman–Crippen MR) is 37.4 cm³/mol. The third-order valence-electron chi connectivity index (χ3n) is 2.02. The molecule has 1 fully saturated rings. The van der Waals surface area contributed by atoms with Crippen molar-refractivity contribution in [2.75, 3.05) is 0 Å². The molecular weight excluding hydrogens is 130 g/mol. The Balaban J connectivity index is 2.61. The summed E-state index contributed by atoms with van der Waals surface area (Å²) in [6, 6.07) is -0.162. The van der Waals surface area contributed by atoms with Crippen LogP contribution in [0.15, 0.2) is 0 Å². The van der Waals surface area contributed by atoms with Crippen LogP contribution in [0.1, 0.15) is 20.3 Å². The molecule has 2 N–H and O–H groups in total. The molecule has 1 rings (SSSR count). The quantitative estimate of drug-likeness (QED) is 0.504. The van der Waals surface area contributed by atoms with Gasteiger partial charge in [-0.05, 0) is 6.42 Å². The maximum absolute atomic E-state index is 10.3. The zero-order valence-corrected chi connectivity index (χ0v) is 6.29. The first-order valence-electron chi connectivity index (χ1n) is 3.46. The summed E-state index contributed by atoms with van der Waals surface area (Å²) in [5.41, 5.74) is -0.161. The first-order chi connectivity index (χ1) is 4.56. The summed E-state index contributed by atoms with van der Waals surface area (Å²) in [5.74, 6) is 0. The predicted octanol–water partition coefficient (Wildman–Crippen LogP) is -0.108. The molecule has 3 heteroatoms. The third kappa shape index (κ3) is 1.20. The molecule has 1 heterocycles. The number of rotatable bonds is 1. The van der Waals surface area contributed by atoms with Gasteiger partial charge >= 0.3 is 0 Å². The fourth-order valence-corrected chi connectivity index (χ4v) is 1.25. The fourth-order valence-electron chi connectivity index (χ4n) is 1.25. The summed E-state index contributed by atoms with van der Waals surface area (Å²) in [7, 11) is 0. The van der Waals surface area contributed by atoms with Crippen molar-refractivity contribution in [3.8, 4) is 0 Å². The molecule has 0 spiro atoms. The fraction of sp³-hybridized carbons (Fsp3) is 0.857. The molecule has 0 saturated carbocycles. The second-order valence-corrected chi connectivity index (χ2v) is 3.50. The number of aliphatic hydroxyl groups excluding tert-OH is 1. The van der Waals surface area contributed by atoms with E-state index in [9.17, 15) is 9.90 Å². The van der Waals surface area contributed by atoms with Gasteiger partial charge in [-0.15, -0.1) is 0 Å². The Hall–Kier alpha value is -0.410. The van der Waals surface area contributed by atoms with Gasteiger partial charge in [-0.1, -0.05) is 13.8 Å². The minimum atomic E-state index is -0.539. The lowest BCUT2D eigenvalue weighted by molar-refractivity contribution is -0.109. The Kier molecular flexibility index (Phi) is 1.79. The first-order valence-corrected chi connectivity index (χ1v) is 3.46. The van der Waals surface area contributed by atoms with Crippen molar-refractivity contribution in [2.24, 2.45) is 5.41 Å². The van der Waals surface area contributed by atoms with Crippen molar-refractivity contribution in [1.29, 1.82) is 0 Å². The van der Waals surface area contributed by atoms with Gasteiger partial charge in [0.15, 0.2) is 0 Å². The van der Waals surface area contributed by atoms with Gasteiger partial charge in [-0.25, -0.2) is 0 Å². The molecule has 0 amide bonds. The van der Waals surface area contributed by atoms with E-state index in [1.165, 1.54) is 0 Å². The first kappa shape index (κ1) is 7.69. The minimum Gasteiger partial charge on any atom is -0.378 e. The van der Waals surface area contributed by atoms with Gasteiger partial charge in [0.25, 0.3) is 0 Å². The van der Waals surface area contributed by atoms with Crippen molar-refractivity contribution in [3.63, 3.8) is 0 Å². The lowest BCUT2D eigenvalue weighted by atomic mass is 9.89. The molecule has 0 aromatic rings. The number of carbonyl (C=O) groups excluding carboxylic acids is 1. The summed E-state index contributed by atoms with van der Waals surface area (Å²) in [5, 5.41) is 12.1. The van der Waals surface area contributed by atoms with E-state index < -0.39 is 6.23 Å². The number of aliphatic hydroxyl groups is 1. The van der Waals surface area contributed by atoms with Crippen LogP contribution >= 0.6 is 0 Å². The zero-order chi connectivity index (χ0) is 7.78. The Morgan fingerprint density at radius 1 is 1.70 bits per heavy atom. The Bertz CT molecular complexity index is 145. The van der Waals surface area contributed by atoms with E-state index in [0.29, 0.717) is 0 Å². The van der Waals surface area contributed by atoms with Crippen molar-refractivity contribution in [1.82, 2.24) is 5.32 Å². The third-order valence-corrected chi connectivity index (χ3v) is 2.02. The monoisotopic (exact) mass is 143 g/mol. The normalized spacial score (nSPS) is 37.9. The molecule has 1 aliphatic rings. The van der Waals surface area contributed by atoms with Crippen LogP contribution in [0.4, 0.5) is 0 Å². The van der Waals surface area contributed by atoms with Gasteiger partial charge in [0, 0.05) is 5.41 Å². The molecule has 58 valence electrons. The van der Waals surface area contributed by atoms with Crippen LogP contribution in [-0.2, 0) is 4.79 Å². The molecule has 1 saturated heterocycles. The summed E-state index contributed by atoms with van der Waals surface area (Å²) in [4.78, 5) is 10.3. The number of nitrogens with one attached hydrogen (secondary N) is 1. The van der Waals surface area contributed by atoms with Crippen LogP contribution in [0.3, 0.4) is 0 Å². The number of aldehydes is 1. The largest absolute Gasteiger partial charge is 0.378 e. The van der Waals surface area contributed by atoms with Gasteiger partial charge in [-0.2, -0.15) is 0 Å². The molecular formula is C7H13NO2. The molecule has 1 aliphatic heterocycles. The molecule has 0 bridgehead atoms. The lowest BCUT2D eigenvalue weighted by Gasteiger charge is -2.20. The highest BCUT2D eigenvalue weighted by Gasteiger charge is 2.38. The maximum Gasteiger partial charge on any atom is 0.136 e. The number of carbonyl (C=O) groups is 1. The van der Waals surface area contributed by atoms with E-state index in [4.69, 9.17) is 0 Å². The zero-order valence-electron chi connectivity index (χ0n) is 6.29. The van der Waals surface area contributed by atoms with E-state index in [1.807, 2.05) is 13.8 Å². The second-order valence-electron chi connectivity index (χ2n) is 3.50. The van der Waals surface area contributed by atoms with Gasteiger partial charge in [0.2, 0.25) is 0 Å². The highest BCUT2D eigenvalue weighted by molar-refractivity contribution is 5.58. The highest BCUT2D eigenvalue weighted by Crippen LogP contribution is 2.30. The minimum absolute atomic E-state index is 0.161. The molecule has 0 aliphatic carbocycles. The molecule has 0 aromatic heterocycles.